The summed E-state index contributed by atoms with van der Waals surface area (Å²) in [4.78, 5) is 0. The van der Waals surface area contributed by atoms with E-state index >= 15 is 0 Å². The van der Waals surface area contributed by atoms with Crippen LogP contribution in [0.3, 0.4) is 0 Å². The van der Waals surface area contributed by atoms with Gasteiger partial charge in [-0.3, -0.25) is 11.3 Å². The van der Waals surface area contributed by atoms with Gasteiger partial charge in [0.2, 0.25) is 0 Å². The zero-order chi connectivity index (χ0) is 13.0. The highest BCUT2D eigenvalue weighted by atomic mass is 16.5. The fourth-order valence-corrected chi connectivity index (χ4v) is 2.70. The van der Waals surface area contributed by atoms with Crippen molar-refractivity contribution in [3.05, 3.63) is 34.9 Å². The highest BCUT2D eigenvalue weighted by molar-refractivity contribution is 5.35. The Morgan fingerprint density at radius 3 is 2.94 bits per heavy atom. The molecular formula is C15H24N2O. The Morgan fingerprint density at radius 1 is 1.44 bits per heavy atom. The second-order valence-corrected chi connectivity index (χ2v) is 5.22. The Kier molecular flexibility index (Phi) is 4.75. The zero-order valence-electron chi connectivity index (χ0n) is 11.4. The van der Waals surface area contributed by atoms with Crippen LogP contribution in [0.5, 0.6) is 0 Å². The maximum absolute atomic E-state index is 5.72. The third-order valence-corrected chi connectivity index (χ3v) is 4.02. The van der Waals surface area contributed by atoms with Gasteiger partial charge in [0.25, 0.3) is 0 Å². The minimum atomic E-state index is 0.231. The average molecular weight is 248 g/mol. The van der Waals surface area contributed by atoms with E-state index in [1.165, 1.54) is 29.5 Å². The summed E-state index contributed by atoms with van der Waals surface area (Å²) in [6.07, 6.45) is 4.96. The summed E-state index contributed by atoms with van der Waals surface area (Å²) in [5.41, 5.74) is 6.93. The summed E-state index contributed by atoms with van der Waals surface area (Å²) >= 11 is 0. The molecule has 3 nitrogen and oxygen atoms in total. The summed E-state index contributed by atoms with van der Waals surface area (Å²) in [5.74, 6) is 5.72. The van der Waals surface area contributed by atoms with Crippen molar-refractivity contribution >= 4 is 0 Å². The molecule has 0 saturated carbocycles. The van der Waals surface area contributed by atoms with Crippen LogP contribution in [0.2, 0.25) is 0 Å². The lowest BCUT2D eigenvalue weighted by atomic mass is 9.94. The monoisotopic (exact) mass is 248 g/mol. The fourth-order valence-electron chi connectivity index (χ4n) is 2.70. The van der Waals surface area contributed by atoms with Crippen molar-refractivity contribution < 1.29 is 4.74 Å². The minimum Gasteiger partial charge on any atom is -0.378 e. The predicted molar refractivity (Wildman–Crippen MR) is 74.2 cm³/mol. The molecule has 3 heteroatoms. The molecule has 0 aromatic heterocycles. The maximum Gasteiger partial charge on any atom is 0.0576 e. The van der Waals surface area contributed by atoms with Crippen molar-refractivity contribution in [3.63, 3.8) is 0 Å². The topological polar surface area (TPSA) is 47.3 Å². The Hall–Kier alpha value is -0.900. The van der Waals surface area contributed by atoms with Crippen molar-refractivity contribution in [1.82, 2.24) is 5.43 Å². The highest BCUT2D eigenvalue weighted by Crippen LogP contribution is 2.26. The van der Waals surface area contributed by atoms with E-state index in [-0.39, 0.29) is 6.04 Å². The number of hydrazine groups is 1. The van der Waals surface area contributed by atoms with E-state index in [4.69, 9.17) is 10.6 Å². The van der Waals surface area contributed by atoms with Crippen LogP contribution < -0.4 is 11.3 Å². The molecule has 2 unspecified atom stereocenters. The van der Waals surface area contributed by atoms with Gasteiger partial charge in [-0.05, 0) is 56.2 Å². The lowest BCUT2D eigenvalue weighted by molar-refractivity contribution is 0.0996. The van der Waals surface area contributed by atoms with E-state index in [1.54, 1.807) is 0 Å². The molecule has 1 aliphatic rings. The van der Waals surface area contributed by atoms with Crippen molar-refractivity contribution in [3.8, 4) is 0 Å². The Morgan fingerprint density at radius 2 is 2.28 bits per heavy atom. The first-order valence-corrected chi connectivity index (χ1v) is 6.86. The summed E-state index contributed by atoms with van der Waals surface area (Å²) < 4.78 is 5.67. The lowest BCUT2D eigenvalue weighted by Crippen LogP contribution is -2.29. The van der Waals surface area contributed by atoms with Crippen LogP contribution in [-0.4, -0.2) is 12.7 Å². The molecule has 0 amide bonds. The van der Waals surface area contributed by atoms with Gasteiger partial charge in [-0.1, -0.05) is 18.2 Å². The number of nitrogens with two attached hydrogens (primary N) is 1. The number of hydrogen-bond acceptors (Lipinski definition) is 3. The van der Waals surface area contributed by atoms with E-state index in [0.717, 1.165) is 19.4 Å². The van der Waals surface area contributed by atoms with Gasteiger partial charge in [0.05, 0.1) is 6.10 Å². The van der Waals surface area contributed by atoms with E-state index in [0.29, 0.717) is 6.10 Å². The van der Waals surface area contributed by atoms with Gasteiger partial charge in [0.1, 0.15) is 0 Å². The third kappa shape index (κ3) is 3.10. The van der Waals surface area contributed by atoms with Gasteiger partial charge in [-0.15, -0.1) is 0 Å². The second kappa shape index (κ2) is 6.32. The van der Waals surface area contributed by atoms with Gasteiger partial charge in [-0.2, -0.15) is 0 Å². The van der Waals surface area contributed by atoms with Crippen LogP contribution in [-0.2, 0) is 4.74 Å². The number of rotatable bonds is 5. The van der Waals surface area contributed by atoms with E-state index < -0.39 is 0 Å². The summed E-state index contributed by atoms with van der Waals surface area (Å²) in [7, 11) is 0. The summed E-state index contributed by atoms with van der Waals surface area (Å²) in [6.45, 7) is 5.24. The predicted octanol–water partition coefficient (Wildman–Crippen LogP) is 2.77. The van der Waals surface area contributed by atoms with Crippen molar-refractivity contribution in [2.24, 2.45) is 5.84 Å². The molecule has 1 saturated heterocycles. The molecule has 0 radical (unpaired) electrons. The molecule has 1 fully saturated rings. The fraction of sp³-hybridized carbons (Fsp3) is 0.600. The molecule has 18 heavy (non-hydrogen) atoms. The van der Waals surface area contributed by atoms with Gasteiger partial charge >= 0.3 is 0 Å². The van der Waals surface area contributed by atoms with Gasteiger partial charge < -0.3 is 4.74 Å². The Labute approximate surface area is 110 Å². The highest BCUT2D eigenvalue weighted by Gasteiger charge is 2.19. The van der Waals surface area contributed by atoms with E-state index in [1.807, 2.05) is 0 Å². The molecule has 3 N–H and O–H groups in total. The largest absolute Gasteiger partial charge is 0.378 e. The van der Waals surface area contributed by atoms with Crippen LogP contribution in [0.4, 0.5) is 0 Å². The summed E-state index contributed by atoms with van der Waals surface area (Å²) in [6, 6.07) is 6.65. The SMILES string of the molecule is Cc1cccc(C(CCC2CCCO2)NN)c1C. The quantitative estimate of drug-likeness (QED) is 0.622. The zero-order valence-corrected chi connectivity index (χ0v) is 11.4. The van der Waals surface area contributed by atoms with E-state index in [9.17, 15) is 0 Å². The summed E-state index contributed by atoms with van der Waals surface area (Å²) in [5, 5.41) is 0. The average Bonchev–Trinajstić information content (AvgIpc) is 2.88. The van der Waals surface area contributed by atoms with Crippen LogP contribution in [0.15, 0.2) is 18.2 Å². The van der Waals surface area contributed by atoms with Crippen molar-refractivity contribution in [1.29, 1.82) is 0 Å². The minimum absolute atomic E-state index is 0.231. The molecule has 1 aromatic rings. The van der Waals surface area contributed by atoms with E-state index in [2.05, 4.69) is 37.5 Å². The first-order valence-electron chi connectivity index (χ1n) is 6.86. The first-order chi connectivity index (χ1) is 8.72. The second-order valence-electron chi connectivity index (χ2n) is 5.22. The van der Waals surface area contributed by atoms with Gasteiger partial charge in [0, 0.05) is 12.6 Å². The molecule has 1 aliphatic heterocycles. The third-order valence-electron chi connectivity index (χ3n) is 4.02. The molecule has 100 valence electrons. The molecule has 1 aromatic carbocycles. The lowest BCUT2D eigenvalue weighted by Gasteiger charge is -2.21. The van der Waals surface area contributed by atoms with Crippen molar-refractivity contribution in [2.75, 3.05) is 6.61 Å². The Bertz CT molecular complexity index is 386. The van der Waals surface area contributed by atoms with Gasteiger partial charge in [-0.25, -0.2) is 0 Å². The molecule has 2 rings (SSSR count). The molecule has 0 spiro atoms. The number of nitrogens with one attached hydrogen (secondary N) is 1. The van der Waals surface area contributed by atoms with Crippen LogP contribution in [0.1, 0.15) is 48.4 Å². The molecular weight excluding hydrogens is 224 g/mol. The molecule has 1 heterocycles. The van der Waals surface area contributed by atoms with Crippen LogP contribution in [0.25, 0.3) is 0 Å². The molecule has 0 bridgehead atoms. The normalized spacial score (nSPS) is 21.2. The maximum atomic E-state index is 5.72. The standard InChI is InChI=1S/C15H24N2O/c1-11-5-3-7-14(12(11)2)15(17-16)9-8-13-6-4-10-18-13/h3,5,7,13,15,17H,4,6,8-10,16H2,1-2H3. The number of hydrogen-bond donors (Lipinski definition) is 2. The van der Waals surface area contributed by atoms with Gasteiger partial charge in [0.15, 0.2) is 0 Å². The van der Waals surface area contributed by atoms with Crippen molar-refractivity contribution in [2.45, 2.75) is 51.7 Å². The Balaban J connectivity index is 2.00. The van der Waals surface area contributed by atoms with Crippen LogP contribution in [0, 0.1) is 13.8 Å². The first kappa shape index (κ1) is 13.5. The number of aryl methyl sites for hydroxylation is 1. The smallest absolute Gasteiger partial charge is 0.0576 e. The number of benzene rings is 1. The molecule has 2 atom stereocenters. The van der Waals surface area contributed by atoms with Crippen LogP contribution >= 0.6 is 0 Å². The number of ether oxygens (including phenoxy) is 1. The molecule has 0 aliphatic carbocycles.